The van der Waals surface area contributed by atoms with Crippen LogP contribution in [0.25, 0.3) is 21.6 Å². The summed E-state index contributed by atoms with van der Waals surface area (Å²) in [6.07, 6.45) is 3.32. The molecule has 0 bridgehead atoms. The summed E-state index contributed by atoms with van der Waals surface area (Å²) < 4.78 is 1.63. The molecule has 1 aliphatic rings. The lowest BCUT2D eigenvalue weighted by atomic mass is 9.89. The van der Waals surface area contributed by atoms with Gasteiger partial charge in [-0.3, -0.25) is 14.2 Å². The van der Waals surface area contributed by atoms with Crippen molar-refractivity contribution in [1.29, 1.82) is 0 Å². The minimum atomic E-state index is -0.0526. The zero-order valence-electron chi connectivity index (χ0n) is 15.4. The molecule has 140 valence electrons. The fraction of sp³-hybridized carbons (Fsp3) is 0.381. The number of aromatic nitrogens is 2. The van der Waals surface area contributed by atoms with Crippen LogP contribution >= 0.6 is 22.9 Å². The van der Waals surface area contributed by atoms with Crippen LogP contribution in [0.4, 0.5) is 0 Å². The topological polar surface area (TPSA) is 52.0 Å². The second kappa shape index (κ2) is 7.21. The summed E-state index contributed by atoms with van der Waals surface area (Å²) in [5, 5.41) is 1.29. The van der Waals surface area contributed by atoms with E-state index in [0.717, 1.165) is 40.6 Å². The van der Waals surface area contributed by atoms with Crippen molar-refractivity contribution in [2.24, 2.45) is 5.92 Å². The van der Waals surface area contributed by atoms with E-state index in [1.807, 2.05) is 18.2 Å². The van der Waals surface area contributed by atoms with Gasteiger partial charge in [-0.05, 0) is 49.8 Å². The van der Waals surface area contributed by atoms with Crippen molar-refractivity contribution in [2.45, 2.75) is 46.1 Å². The van der Waals surface area contributed by atoms with E-state index < -0.39 is 0 Å². The summed E-state index contributed by atoms with van der Waals surface area (Å²) in [7, 11) is 0. The largest absolute Gasteiger partial charge is 0.300 e. The second-order valence-corrected chi connectivity index (χ2v) is 8.85. The van der Waals surface area contributed by atoms with Crippen molar-refractivity contribution < 1.29 is 4.79 Å². The number of fused-ring (bicyclic) bond motifs is 3. The van der Waals surface area contributed by atoms with Gasteiger partial charge in [0.2, 0.25) is 0 Å². The summed E-state index contributed by atoms with van der Waals surface area (Å²) in [4.78, 5) is 31.9. The van der Waals surface area contributed by atoms with Crippen LogP contribution in [0.2, 0.25) is 5.02 Å². The minimum Gasteiger partial charge on any atom is -0.300 e. The SMILES string of the molecule is CC(=O)CCn1c(-c2ccccc2Cl)nc2sc3c(c2c1=O)CCC(C)C3. The normalized spacial score (nSPS) is 16.5. The highest BCUT2D eigenvalue weighted by atomic mass is 35.5. The standard InChI is InChI=1S/C21H21ClN2O2S/c1-12-7-8-15-17(11-12)27-20-18(15)21(26)24(10-9-13(2)25)19(23-20)14-5-3-4-6-16(14)22/h3-6,12H,7-11H2,1-2H3. The van der Waals surface area contributed by atoms with E-state index in [2.05, 4.69) is 6.92 Å². The Balaban J connectivity index is 1.98. The summed E-state index contributed by atoms with van der Waals surface area (Å²) in [6.45, 7) is 4.11. The summed E-state index contributed by atoms with van der Waals surface area (Å²) in [6, 6.07) is 7.40. The average molecular weight is 401 g/mol. The number of Topliss-reactive ketones (excluding diaryl/α,β-unsaturated/α-hetero) is 1. The molecule has 0 spiro atoms. The molecule has 0 saturated heterocycles. The first-order valence-electron chi connectivity index (χ1n) is 9.25. The van der Waals surface area contributed by atoms with Crippen LogP contribution in [0.1, 0.15) is 37.1 Å². The zero-order chi connectivity index (χ0) is 19.1. The van der Waals surface area contributed by atoms with E-state index >= 15 is 0 Å². The number of ketones is 1. The third-order valence-electron chi connectivity index (χ3n) is 5.22. The Hall–Kier alpha value is -1.98. The van der Waals surface area contributed by atoms with Gasteiger partial charge in [-0.2, -0.15) is 0 Å². The molecule has 1 aliphatic carbocycles. The highest BCUT2D eigenvalue weighted by Gasteiger charge is 2.25. The number of thiophene rings is 1. The van der Waals surface area contributed by atoms with Crippen molar-refractivity contribution in [3.8, 4) is 11.4 Å². The van der Waals surface area contributed by atoms with Crippen LogP contribution in [0.15, 0.2) is 29.1 Å². The van der Waals surface area contributed by atoms with Crippen molar-refractivity contribution in [1.82, 2.24) is 9.55 Å². The predicted molar refractivity (Wildman–Crippen MR) is 111 cm³/mol. The lowest BCUT2D eigenvalue weighted by molar-refractivity contribution is -0.117. The van der Waals surface area contributed by atoms with Crippen molar-refractivity contribution >= 4 is 38.9 Å². The fourth-order valence-electron chi connectivity index (χ4n) is 3.75. The number of rotatable bonds is 4. The lowest BCUT2D eigenvalue weighted by Gasteiger charge is -2.18. The first-order chi connectivity index (χ1) is 13.0. The molecule has 4 nitrogen and oxygen atoms in total. The van der Waals surface area contributed by atoms with Gasteiger partial charge in [0.1, 0.15) is 16.4 Å². The maximum Gasteiger partial charge on any atom is 0.262 e. The molecule has 0 amide bonds. The number of aryl methyl sites for hydroxylation is 1. The van der Waals surface area contributed by atoms with Gasteiger partial charge in [-0.25, -0.2) is 4.98 Å². The van der Waals surface area contributed by atoms with Gasteiger partial charge in [0.25, 0.3) is 5.56 Å². The molecular weight excluding hydrogens is 380 g/mol. The Morgan fingerprint density at radius 1 is 1.37 bits per heavy atom. The Morgan fingerprint density at radius 3 is 2.89 bits per heavy atom. The number of carbonyl (C=O) groups is 1. The smallest absolute Gasteiger partial charge is 0.262 e. The monoisotopic (exact) mass is 400 g/mol. The molecule has 0 aliphatic heterocycles. The molecule has 1 aromatic carbocycles. The van der Waals surface area contributed by atoms with Crippen LogP contribution < -0.4 is 5.56 Å². The summed E-state index contributed by atoms with van der Waals surface area (Å²) in [5.41, 5.74) is 1.83. The molecule has 0 saturated carbocycles. The number of hydrogen-bond acceptors (Lipinski definition) is 4. The number of hydrogen-bond donors (Lipinski definition) is 0. The molecule has 0 radical (unpaired) electrons. The molecule has 1 atom stereocenters. The van der Waals surface area contributed by atoms with E-state index in [0.29, 0.717) is 29.7 Å². The Kier molecular flexibility index (Phi) is 4.91. The number of nitrogens with zero attached hydrogens (tertiary/aromatic N) is 2. The van der Waals surface area contributed by atoms with E-state index in [4.69, 9.17) is 16.6 Å². The van der Waals surface area contributed by atoms with Crippen LogP contribution in [0.5, 0.6) is 0 Å². The highest BCUT2D eigenvalue weighted by molar-refractivity contribution is 7.18. The molecular formula is C21H21ClN2O2S. The second-order valence-electron chi connectivity index (χ2n) is 7.36. The number of halogens is 1. The fourth-order valence-corrected chi connectivity index (χ4v) is 5.34. The summed E-state index contributed by atoms with van der Waals surface area (Å²) >= 11 is 8.03. The molecule has 4 rings (SSSR count). The predicted octanol–water partition coefficient (Wildman–Crippen LogP) is 4.88. The third kappa shape index (κ3) is 3.34. The van der Waals surface area contributed by atoms with Gasteiger partial charge in [0.15, 0.2) is 0 Å². The third-order valence-corrected chi connectivity index (χ3v) is 6.70. The van der Waals surface area contributed by atoms with Crippen molar-refractivity contribution in [2.75, 3.05) is 0 Å². The molecule has 27 heavy (non-hydrogen) atoms. The van der Waals surface area contributed by atoms with Gasteiger partial charge < -0.3 is 0 Å². The quantitative estimate of drug-likeness (QED) is 0.627. The first kappa shape index (κ1) is 18.4. The van der Waals surface area contributed by atoms with Crippen molar-refractivity contribution in [3.63, 3.8) is 0 Å². The zero-order valence-corrected chi connectivity index (χ0v) is 17.0. The number of benzene rings is 1. The van der Waals surface area contributed by atoms with Crippen LogP contribution in [-0.4, -0.2) is 15.3 Å². The van der Waals surface area contributed by atoms with Crippen LogP contribution in [0, 0.1) is 5.92 Å². The van der Waals surface area contributed by atoms with E-state index in [9.17, 15) is 9.59 Å². The van der Waals surface area contributed by atoms with E-state index in [1.54, 1.807) is 28.9 Å². The van der Waals surface area contributed by atoms with Gasteiger partial charge in [-0.1, -0.05) is 30.7 Å². The maximum absolute atomic E-state index is 13.4. The minimum absolute atomic E-state index is 0.0493. The first-order valence-corrected chi connectivity index (χ1v) is 10.4. The average Bonchev–Trinajstić information content (AvgIpc) is 2.98. The maximum atomic E-state index is 13.4. The molecule has 0 N–H and O–H groups in total. The lowest BCUT2D eigenvalue weighted by Crippen LogP contribution is -2.25. The van der Waals surface area contributed by atoms with Gasteiger partial charge >= 0.3 is 0 Å². The Morgan fingerprint density at radius 2 is 2.15 bits per heavy atom. The summed E-state index contributed by atoms with van der Waals surface area (Å²) in [5.74, 6) is 1.23. The van der Waals surface area contributed by atoms with E-state index in [1.165, 1.54) is 4.88 Å². The molecule has 1 unspecified atom stereocenters. The Labute approximate surface area is 166 Å². The highest BCUT2D eigenvalue weighted by Crippen LogP contribution is 2.37. The van der Waals surface area contributed by atoms with Gasteiger partial charge in [0.05, 0.1) is 10.4 Å². The molecule has 0 fully saturated rings. The van der Waals surface area contributed by atoms with Crippen molar-refractivity contribution in [3.05, 3.63) is 50.1 Å². The molecule has 2 aromatic heterocycles. The molecule has 2 heterocycles. The Bertz CT molecular complexity index is 1100. The van der Waals surface area contributed by atoms with Crippen LogP contribution in [0.3, 0.4) is 0 Å². The molecule has 6 heteroatoms. The van der Waals surface area contributed by atoms with E-state index in [-0.39, 0.29) is 11.3 Å². The van der Waals surface area contributed by atoms with Gasteiger partial charge in [0, 0.05) is 23.4 Å². The van der Waals surface area contributed by atoms with Crippen LogP contribution in [-0.2, 0) is 24.2 Å². The number of carbonyl (C=O) groups excluding carboxylic acids is 1. The molecule has 3 aromatic rings. The van der Waals surface area contributed by atoms with Gasteiger partial charge in [-0.15, -0.1) is 11.3 Å².